The van der Waals surface area contributed by atoms with Crippen molar-refractivity contribution in [3.8, 4) is 0 Å². The molecule has 6 heteroatoms. The van der Waals surface area contributed by atoms with Crippen molar-refractivity contribution in [2.45, 2.75) is 63.5 Å². The third kappa shape index (κ3) is 3.27. The van der Waals surface area contributed by atoms with Crippen LogP contribution in [0.2, 0.25) is 18.1 Å². The molecule has 0 unspecified atom stereocenters. The van der Waals surface area contributed by atoms with E-state index < -0.39 is 32.9 Å². The number of aliphatic hydroxyl groups is 3. The summed E-state index contributed by atoms with van der Waals surface area (Å²) >= 11 is 0. The molecule has 0 aromatic rings. The predicted molar refractivity (Wildman–Crippen MR) is 66.0 cm³/mol. The Labute approximate surface area is 103 Å². The first kappa shape index (κ1) is 15.1. The fourth-order valence-electron chi connectivity index (χ4n) is 1.42. The predicted octanol–water partition coefficient (Wildman–Crippen LogP) is 0.447. The third-order valence-electron chi connectivity index (χ3n) is 3.69. The van der Waals surface area contributed by atoms with Gasteiger partial charge in [0.2, 0.25) is 0 Å². The molecule has 4 atom stereocenters. The smallest absolute Gasteiger partial charge is 0.192 e. The molecule has 17 heavy (non-hydrogen) atoms. The Balaban J connectivity index is 2.78. The van der Waals surface area contributed by atoms with E-state index in [-0.39, 0.29) is 11.6 Å². The van der Waals surface area contributed by atoms with Crippen LogP contribution in [0.15, 0.2) is 0 Å². The summed E-state index contributed by atoms with van der Waals surface area (Å²) < 4.78 is 10.9. The number of hydrogen-bond donors (Lipinski definition) is 3. The first-order chi connectivity index (χ1) is 7.56. The van der Waals surface area contributed by atoms with Crippen LogP contribution in [0.3, 0.4) is 0 Å². The lowest BCUT2D eigenvalue weighted by Gasteiger charge is -2.44. The van der Waals surface area contributed by atoms with E-state index in [1.165, 1.54) is 0 Å². The summed E-state index contributed by atoms with van der Waals surface area (Å²) in [6.07, 6.45) is -4.16. The molecule has 0 spiro atoms. The maximum absolute atomic E-state index is 9.84. The fraction of sp³-hybridized carbons (Fsp3) is 1.00. The van der Waals surface area contributed by atoms with Crippen molar-refractivity contribution < 1.29 is 24.5 Å². The lowest BCUT2D eigenvalue weighted by molar-refractivity contribution is -0.247. The quantitative estimate of drug-likeness (QED) is 0.631. The number of ether oxygens (including phenoxy) is 1. The van der Waals surface area contributed by atoms with Gasteiger partial charge >= 0.3 is 0 Å². The largest absolute Gasteiger partial charge is 0.406 e. The first-order valence-corrected chi connectivity index (χ1v) is 8.81. The summed E-state index contributed by atoms with van der Waals surface area (Å²) in [4.78, 5) is 0. The van der Waals surface area contributed by atoms with Crippen LogP contribution >= 0.6 is 0 Å². The fourth-order valence-corrected chi connectivity index (χ4v) is 2.71. The van der Waals surface area contributed by atoms with Crippen LogP contribution < -0.4 is 0 Å². The topological polar surface area (TPSA) is 79.2 Å². The van der Waals surface area contributed by atoms with E-state index in [9.17, 15) is 15.3 Å². The zero-order valence-electron chi connectivity index (χ0n) is 11.2. The minimum atomic E-state index is -2.12. The monoisotopic (exact) mass is 264 g/mol. The van der Waals surface area contributed by atoms with Gasteiger partial charge in [-0.05, 0) is 18.1 Å². The molecule has 102 valence electrons. The Bertz CT molecular complexity index is 263. The van der Waals surface area contributed by atoms with Gasteiger partial charge in [-0.3, -0.25) is 0 Å². The molecule has 1 rings (SSSR count). The Kier molecular flexibility index (Phi) is 4.39. The summed E-state index contributed by atoms with van der Waals surface area (Å²) in [5.74, 6) is 0. The highest BCUT2D eigenvalue weighted by atomic mass is 28.4. The van der Waals surface area contributed by atoms with Crippen LogP contribution in [-0.4, -0.2) is 54.8 Å². The Hall–Kier alpha value is 0.0169. The SMILES string of the molecule is CC(C)(C)[Si](C)(C)O[C@H]1[C@@H](O)[C@@H](O)CO[C@@H]1O. The molecule has 0 aromatic carbocycles. The minimum absolute atomic E-state index is 0.0329. The summed E-state index contributed by atoms with van der Waals surface area (Å²) in [5, 5.41) is 29.0. The minimum Gasteiger partial charge on any atom is -0.406 e. The molecule has 0 amide bonds. The van der Waals surface area contributed by atoms with Crippen molar-refractivity contribution in [2.75, 3.05) is 6.61 Å². The molecule has 1 aliphatic rings. The molecule has 1 fully saturated rings. The first-order valence-electron chi connectivity index (χ1n) is 5.90. The van der Waals surface area contributed by atoms with Crippen molar-refractivity contribution in [2.24, 2.45) is 0 Å². The van der Waals surface area contributed by atoms with Crippen LogP contribution in [-0.2, 0) is 9.16 Å². The molecule has 3 N–H and O–H groups in total. The molecule has 0 aliphatic carbocycles. The van der Waals surface area contributed by atoms with Gasteiger partial charge in [-0.1, -0.05) is 20.8 Å². The third-order valence-corrected chi connectivity index (χ3v) is 8.16. The van der Waals surface area contributed by atoms with Gasteiger partial charge in [0.15, 0.2) is 14.6 Å². The Morgan fingerprint density at radius 2 is 1.71 bits per heavy atom. The summed E-state index contributed by atoms with van der Waals surface area (Å²) in [6, 6.07) is 0. The van der Waals surface area contributed by atoms with Gasteiger partial charge in [0, 0.05) is 0 Å². The van der Waals surface area contributed by atoms with Crippen molar-refractivity contribution in [3.63, 3.8) is 0 Å². The average Bonchev–Trinajstić information content (AvgIpc) is 2.17. The van der Waals surface area contributed by atoms with Crippen LogP contribution in [0.5, 0.6) is 0 Å². The second-order valence-electron chi connectivity index (χ2n) is 6.12. The van der Waals surface area contributed by atoms with Crippen LogP contribution in [0.25, 0.3) is 0 Å². The molecular formula is C11H24O5Si. The number of aliphatic hydroxyl groups excluding tert-OH is 3. The van der Waals surface area contributed by atoms with E-state index in [0.29, 0.717) is 0 Å². The molecule has 5 nitrogen and oxygen atoms in total. The second-order valence-corrected chi connectivity index (χ2v) is 10.9. The molecule has 0 radical (unpaired) electrons. The second kappa shape index (κ2) is 4.95. The number of hydrogen-bond acceptors (Lipinski definition) is 5. The number of rotatable bonds is 2. The van der Waals surface area contributed by atoms with E-state index in [4.69, 9.17) is 9.16 Å². The molecule has 0 saturated carbocycles. The Morgan fingerprint density at radius 3 is 2.18 bits per heavy atom. The van der Waals surface area contributed by atoms with Gasteiger partial charge in [-0.15, -0.1) is 0 Å². The molecule has 0 aromatic heterocycles. The van der Waals surface area contributed by atoms with Gasteiger partial charge in [0.05, 0.1) is 6.61 Å². The molecule has 1 aliphatic heterocycles. The van der Waals surface area contributed by atoms with E-state index >= 15 is 0 Å². The Morgan fingerprint density at radius 1 is 1.18 bits per heavy atom. The van der Waals surface area contributed by atoms with Crippen molar-refractivity contribution in [3.05, 3.63) is 0 Å². The van der Waals surface area contributed by atoms with Crippen molar-refractivity contribution in [1.29, 1.82) is 0 Å². The summed E-state index contributed by atoms with van der Waals surface area (Å²) in [5.41, 5.74) is 0. The van der Waals surface area contributed by atoms with Gasteiger partial charge in [0.1, 0.15) is 18.3 Å². The van der Waals surface area contributed by atoms with Gasteiger partial charge < -0.3 is 24.5 Å². The van der Waals surface area contributed by atoms with E-state index in [1.807, 2.05) is 13.1 Å². The molecular weight excluding hydrogens is 240 g/mol. The van der Waals surface area contributed by atoms with Gasteiger partial charge in [-0.2, -0.15) is 0 Å². The van der Waals surface area contributed by atoms with Crippen LogP contribution in [0.1, 0.15) is 20.8 Å². The average molecular weight is 264 g/mol. The highest BCUT2D eigenvalue weighted by Gasteiger charge is 2.46. The van der Waals surface area contributed by atoms with E-state index in [0.717, 1.165) is 0 Å². The maximum Gasteiger partial charge on any atom is 0.192 e. The van der Waals surface area contributed by atoms with E-state index in [2.05, 4.69) is 20.8 Å². The van der Waals surface area contributed by atoms with Crippen LogP contribution in [0, 0.1) is 0 Å². The molecule has 0 bridgehead atoms. The van der Waals surface area contributed by atoms with E-state index in [1.54, 1.807) is 0 Å². The lowest BCUT2D eigenvalue weighted by atomic mass is 10.1. The van der Waals surface area contributed by atoms with Gasteiger partial charge in [0.25, 0.3) is 0 Å². The van der Waals surface area contributed by atoms with Crippen molar-refractivity contribution in [1.82, 2.24) is 0 Å². The lowest BCUT2D eigenvalue weighted by Crippen LogP contribution is -2.58. The zero-order valence-corrected chi connectivity index (χ0v) is 12.2. The summed E-state index contributed by atoms with van der Waals surface area (Å²) in [7, 11) is -2.12. The van der Waals surface area contributed by atoms with Crippen molar-refractivity contribution >= 4 is 8.32 Å². The standard InChI is InChI=1S/C11H24O5Si/c1-11(2,3)17(4,5)16-9-8(13)7(12)6-15-10(9)14/h7-10,12-14H,6H2,1-5H3/t7-,8-,9-,10-/m0/s1. The summed E-state index contributed by atoms with van der Waals surface area (Å²) in [6.45, 7) is 10.2. The maximum atomic E-state index is 9.84. The van der Waals surface area contributed by atoms with Gasteiger partial charge in [-0.25, -0.2) is 0 Å². The molecule has 1 heterocycles. The van der Waals surface area contributed by atoms with Crippen LogP contribution in [0.4, 0.5) is 0 Å². The highest BCUT2D eigenvalue weighted by molar-refractivity contribution is 6.74. The zero-order chi connectivity index (χ0) is 13.4. The highest BCUT2D eigenvalue weighted by Crippen LogP contribution is 2.38. The molecule has 1 saturated heterocycles. The normalized spacial score (nSPS) is 36.0.